The molecule has 0 aliphatic carbocycles. The van der Waals surface area contributed by atoms with Crippen LogP contribution in [0.3, 0.4) is 0 Å². The van der Waals surface area contributed by atoms with E-state index in [2.05, 4.69) is 15.2 Å². The maximum Gasteiger partial charge on any atom is 0.317 e. The standard InChI is InChI=1S/C17H28N4O3/c1-20(12-15(22)13-24-2)17(23)19-11-14-6-7-16(18-10-14)21-8-4-3-5-9-21/h6-7,10,15,22H,3-5,8-9,11-13H2,1-2H3,(H,19,23)/t15-/m0/s1. The number of methoxy groups -OCH3 is 1. The van der Waals surface area contributed by atoms with Crippen LogP contribution in [-0.2, 0) is 11.3 Å². The largest absolute Gasteiger partial charge is 0.389 e. The van der Waals surface area contributed by atoms with Gasteiger partial charge in [-0.2, -0.15) is 0 Å². The lowest BCUT2D eigenvalue weighted by molar-refractivity contribution is 0.0489. The number of urea groups is 1. The zero-order valence-electron chi connectivity index (χ0n) is 14.6. The summed E-state index contributed by atoms with van der Waals surface area (Å²) in [7, 11) is 3.16. The van der Waals surface area contributed by atoms with Crippen molar-refractivity contribution in [2.75, 3.05) is 45.3 Å². The highest BCUT2D eigenvalue weighted by atomic mass is 16.5. The number of likely N-dealkylation sites (N-methyl/N-ethyl adjacent to an activating group) is 1. The number of aliphatic hydroxyl groups excluding tert-OH is 1. The van der Waals surface area contributed by atoms with Gasteiger partial charge >= 0.3 is 6.03 Å². The van der Waals surface area contributed by atoms with E-state index in [1.807, 2.05) is 18.3 Å². The van der Waals surface area contributed by atoms with Gasteiger partial charge in [-0.1, -0.05) is 6.07 Å². The van der Waals surface area contributed by atoms with Crippen LogP contribution in [0.15, 0.2) is 18.3 Å². The first-order valence-corrected chi connectivity index (χ1v) is 8.46. The minimum Gasteiger partial charge on any atom is -0.389 e. The Morgan fingerprint density at radius 2 is 2.17 bits per heavy atom. The number of hydrogen-bond acceptors (Lipinski definition) is 5. The smallest absolute Gasteiger partial charge is 0.317 e. The quantitative estimate of drug-likeness (QED) is 0.783. The first-order valence-electron chi connectivity index (χ1n) is 8.46. The zero-order chi connectivity index (χ0) is 17.4. The molecule has 0 radical (unpaired) electrons. The van der Waals surface area contributed by atoms with Crippen molar-refractivity contribution in [2.24, 2.45) is 0 Å². The van der Waals surface area contributed by atoms with Gasteiger partial charge in [-0.25, -0.2) is 9.78 Å². The highest BCUT2D eigenvalue weighted by molar-refractivity contribution is 5.73. The van der Waals surface area contributed by atoms with Crippen LogP contribution in [0.5, 0.6) is 0 Å². The van der Waals surface area contributed by atoms with Gasteiger partial charge in [0, 0.05) is 40.0 Å². The average Bonchev–Trinajstić information content (AvgIpc) is 2.61. The Hall–Kier alpha value is -1.86. The Labute approximate surface area is 143 Å². The molecule has 1 aromatic rings. The van der Waals surface area contributed by atoms with Crippen molar-refractivity contribution in [3.8, 4) is 0 Å². The lowest BCUT2D eigenvalue weighted by Gasteiger charge is -2.27. The highest BCUT2D eigenvalue weighted by Gasteiger charge is 2.14. The molecule has 7 nitrogen and oxygen atoms in total. The maximum atomic E-state index is 12.0. The third-order valence-corrected chi connectivity index (χ3v) is 4.12. The van der Waals surface area contributed by atoms with Crippen LogP contribution in [0.4, 0.5) is 10.6 Å². The second-order valence-electron chi connectivity index (χ2n) is 6.22. The Morgan fingerprint density at radius 3 is 2.79 bits per heavy atom. The van der Waals surface area contributed by atoms with Crippen LogP contribution in [0, 0.1) is 0 Å². The summed E-state index contributed by atoms with van der Waals surface area (Å²) < 4.78 is 4.85. The molecule has 0 saturated carbocycles. The van der Waals surface area contributed by atoms with Gasteiger partial charge in [-0.3, -0.25) is 0 Å². The van der Waals surface area contributed by atoms with Crippen molar-refractivity contribution < 1.29 is 14.6 Å². The van der Waals surface area contributed by atoms with Gasteiger partial charge in [-0.15, -0.1) is 0 Å². The summed E-state index contributed by atoms with van der Waals surface area (Å²) >= 11 is 0. The number of ether oxygens (including phenoxy) is 1. The Balaban J connectivity index is 1.78. The number of piperidine rings is 1. The van der Waals surface area contributed by atoms with Crippen molar-refractivity contribution >= 4 is 11.8 Å². The Bertz CT molecular complexity index is 503. The molecule has 24 heavy (non-hydrogen) atoms. The topological polar surface area (TPSA) is 77.9 Å². The van der Waals surface area contributed by atoms with Gasteiger partial charge in [0.15, 0.2) is 0 Å². The number of aromatic nitrogens is 1. The second kappa shape index (κ2) is 9.44. The van der Waals surface area contributed by atoms with Crippen molar-refractivity contribution in [2.45, 2.75) is 31.9 Å². The van der Waals surface area contributed by atoms with E-state index in [0.29, 0.717) is 6.54 Å². The molecule has 1 aromatic heterocycles. The highest BCUT2D eigenvalue weighted by Crippen LogP contribution is 2.17. The second-order valence-corrected chi connectivity index (χ2v) is 6.22. The molecule has 1 aliphatic rings. The summed E-state index contributed by atoms with van der Waals surface area (Å²) in [5.41, 5.74) is 0.954. The Kier molecular flexibility index (Phi) is 7.27. The average molecular weight is 336 g/mol. The van der Waals surface area contributed by atoms with E-state index in [1.165, 1.54) is 31.3 Å². The number of hydrogen-bond donors (Lipinski definition) is 2. The molecule has 134 valence electrons. The predicted octanol–water partition coefficient (Wildman–Crippen LogP) is 1.22. The van der Waals surface area contributed by atoms with Crippen LogP contribution < -0.4 is 10.2 Å². The number of pyridine rings is 1. The van der Waals surface area contributed by atoms with E-state index in [9.17, 15) is 9.90 Å². The van der Waals surface area contributed by atoms with Gasteiger partial charge in [0.2, 0.25) is 0 Å². The third kappa shape index (κ3) is 5.65. The summed E-state index contributed by atoms with van der Waals surface area (Å²) in [6, 6.07) is 3.78. The molecule has 0 aromatic carbocycles. The lowest BCUT2D eigenvalue weighted by atomic mass is 10.1. The van der Waals surface area contributed by atoms with Crippen molar-refractivity contribution in [3.63, 3.8) is 0 Å². The number of amides is 2. The van der Waals surface area contributed by atoms with Crippen molar-refractivity contribution in [1.82, 2.24) is 15.2 Å². The van der Waals surface area contributed by atoms with Gasteiger partial charge in [0.25, 0.3) is 0 Å². The molecule has 2 amide bonds. The molecule has 7 heteroatoms. The minimum atomic E-state index is -0.684. The molecule has 0 bridgehead atoms. The first kappa shape index (κ1) is 18.5. The molecular formula is C17H28N4O3. The fourth-order valence-corrected chi connectivity index (χ4v) is 2.79. The number of anilines is 1. The van der Waals surface area contributed by atoms with Gasteiger partial charge in [0.1, 0.15) is 5.82 Å². The molecule has 0 unspecified atom stereocenters. The molecule has 2 rings (SSSR count). The van der Waals surface area contributed by atoms with E-state index in [1.54, 1.807) is 7.05 Å². The fourth-order valence-electron chi connectivity index (χ4n) is 2.79. The predicted molar refractivity (Wildman–Crippen MR) is 93.0 cm³/mol. The van der Waals surface area contributed by atoms with Crippen LogP contribution >= 0.6 is 0 Å². The van der Waals surface area contributed by atoms with Crippen LogP contribution in [0.25, 0.3) is 0 Å². The van der Waals surface area contributed by atoms with Crippen molar-refractivity contribution in [3.05, 3.63) is 23.9 Å². The molecule has 2 heterocycles. The maximum absolute atomic E-state index is 12.0. The van der Waals surface area contributed by atoms with Crippen LogP contribution in [0.1, 0.15) is 24.8 Å². The number of rotatable bonds is 7. The van der Waals surface area contributed by atoms with Crippen molar-refractivity contribution in [1.29, 1.82) is 0 Å². The normalized spacial score (nSPS) is 15.9. The molecule has 1 fully saturated rings. The zero-order valence-corrected chi connectivity index (χ0v) is 14.6. The van der Waals surface area contributed by atoms with Gasteiger partial charge in [-0.05, 0) is 30.9 Å². The summed E-state index contributed by atoms with van der Waals surface area (Å²) in [5.74, 6) is 1.00. The minimum absolute atomic E-state index is 0.208. The van der Waals surface area contributed by atoms with E-state index >= 15 is 0 Å². The summed E-state index contributed by atoms with van der Waals surface area (Å²) in [6.45, 7) is 2.98. The van der Waals surface area contributed by atoms with E-state index < -0.39 is 6.10 Å². The molecule has 1 atom stereocenters. The Morgan fingerprint density at radius 1 is 1.42 bits per heavy atom. The fraction of sp³-hybridized carbons (Fsp3) is 0.647. The molecule has 2 N–H and O–H groups in total. The lowest BCUT2D eigenvalue weighted by Crippen LogP contribution is -2.42. The van der Waals surface area contributed by atoms with E-state index in [-0.39, 0.29) is 19.2 Å². The molecule has 1 saturated heterocycles. The van der Waals surface area contributed by atoms with Gasteiger partial charge in [0.05, 0.1) is 19.3 Å². The third-order valence-electron chi connectivity index (χ3n) is 4.12. The SMILES string of the molecule is COC[C@@H](O)CN(C)C(=O)NCc1ccc(N2CCCCC2)nc1. The van der Waals surface area contributed by atoms with E-state index in [4.69, 9.17) is 4.74 Å². The van der Waals surface area contributed by atoms with Crippen LogP contribution in [-0.4, -0.2) is 67.5 Å². The number of nitrogens with zero attached hydrogens (tertiary/aromatic N) is 3. The molecule has 1 aliphatic heterocycles. The summed E-state index contributed by atoms with van der Waals surface area (Å²) in [5, 5.41) is 12.5. The first-order chi connectivity index (χ1) is 11.6. The summed E-state index contributed by atoms with van der Waals surface area (Å²) in [4.78, 5) is 20.3. The number of aliphatic hydroxyl groups is 1. The number of nitrogens with one attached hydrogen (secondary N) is 1. The van der Waals surface area contributed by atoms with Gasteiger partial charge < -0.3 is 25.0 Å². The number of carbonyl (C=O) groups is 1. The van der Waals surface area contributed by atoms with E-state index in [0.717, 1.165) is 24.5 Å². The molecule has 0 spiro atoms. The summed E-state index contributed by atoms with van der Waals surface area (Å²) in [6.07, 6.45) is 4.87. The molecular weight excluding hydrogens is 308 g/mol. The number of carbonyl (C=O) groups excluding carboxylic acids is 1. The van der Waals surface area contributed by atoms with Crippen LogP contribution in [0.2, 0.25) is 0 Å². The monoisotopic (exact) mass is 336 g/mol.